The smallest absolute Gasteiger partial charge is 0.271 e. The SMILES string of the molecule is COCCNC(=O)[C@]1(C)Cn2c(cc3ccsc32)C(=O)N1Cc1ccco1. The van der Waals surface area contributed by atoms with E-state index < -0.39 is 5.54 Å². The lowest BCUT2D eigenvalue weighted by Crippen LogP contribution is -2.63. The molecule has 0 spiro atoms. The van der Waals surface area contributed by atoms with Gasteiger partial charge in [0.15, 0.2) is 0 Å². The third-order valence-electron chi connectivity index (χ3n) is 5.00. The van der Waals surface area contributed by atoms with E-state index in [0.717, 1.165) is 10.2 Å². The molecule has 0 bridgehead atoms. The van der Waals surface area contributed by atoms with E-state index in [1.807, 2.05) is 28.1 Å². The summed E-state index contributed by atoms with van der Waals surface area (Å²) in [6.45, 7) is 3.23. The van der Waals surface area contributed by atoms with E-state index in [2.05, 4.69) is 5.32 Å². The second-order valence-corrected chi connectivity index (χ2v) is 7.68. The standard InChI is InChI=1S/C19H21N3O4S/c1-19(18(24)20-6-8-25-2)12-21-15(10-13-5-9-27-17(13)21)16(23)22(19)11-14-4-3-7-26-14/h3-5,7,9-10H,6,8,11-12H2,1-2H3,(H,20,24)/t19-/m0/s1. The number of carbonyl (C=O) groups is 2. The zero-order valence-corrected chi connectivity index (χ0v) is 16.0. The summed E-state index contributed by atoms with van der Waals surface area (Å²) < 4.78 is 12.4. The van der Waals surface area contributed by atoms with Gasteiger partial charge in [0.2, 0.25) is 5.91 Å². The van der Waals surface area contributed by atoms with Crippen molar-refractivity contribution < 1.29 is 18.7 Å². The molecule has 8 heteroatoms. The van der Waals surface area contributed by atoms with Gasteiger partial charge in [0.25, 0.3) is 5.91 Å². The number of aromatic nitrogens is 1. The Balaban J connectivity index is 1.74. The predicted octanol–water partition coefficient (Wildman–Crippen LogP) is 2.47. The van der Waals surface area contributed by atoms with E-state index in [9.17, 15) is 9.59 Å². The van der Waals surface area contributed by atoms with E-state index in [0.29, 0.717) is 31.2 Å². The highest BCUT2D eigenvalue weighted by molar-refractivity contribution is 7.16. The van der Waals surface area contributed by atoms with Gasteiger partial charge in [-0.05, 0) is 36.6 Å². The average molecular weight is 387 g/mol. The Labute approximate surface area is 160 Å². The summed E-state index contributed by atoms with van der Waals surface area (Å²) in [5.41, 5.74) is -0.439. The lowest BCUT2D eigenvalue weighted by Gasteiger charge is -2.43. The van der Waals surface area contributed by atoms with Crippen LogP contribution in [0.1, 0.15) is 23.2 Å². The van der Waals surface area contributed by atoms with Gasteiger partial charge in [-0.25, -0.2) is 0 Å². The van der Waals surface area contributed by atoms with Crippen LogP contribution >= 0.6 is 11.3 Å². The molecule has 1 atom stereocenters. The van der Waals surface area contributed by atoms with E-state index in [-0.39, 0.29) is 18.4 Å². The van der Waals surface area contributed by atoms with Gasteiger partial charge >= 0.3 is 0 Å². The minimum Gasteiger partial charge on any atom is -0.467 e. The zero-order valence-electron chi connectivity index (χ0n) is 15.2. The molecule has 0 aliphatic carbocycles. The zero-order chi connectivity index (χ0) is 19.0. The Morgan fingerprint density at radius 1 is 1.44 bits per heavy atom. The number of hydrogen-bond donors (Lipinski definition) is 1. The lowest BCUT2D eigenvalue weighted by molar-refractivity contribution is -0.133. The quantitative estimate of drug-likeness (QED) is 0.659. The number of carbonyl (C=O) groups excluding carboxylic acids is 2. The number of amides is 2. The maximum atomic E-state index is 13.3. The molecule has 4 rings (SSSR count). The summed E-state index contributed by atoms with van der Waals surface area (Å²) in [5.74, 6) is 0.259. The molecule has 3 aromatic rings. The molecule has 2 amide bonds. The van der Waals surface area contributed by atoms with Crippen molar-refractivity contribution in [2.45, 2.75) is 25.6 Å². The minimum absolute atomic E-state index is 0.176. The highest BCUT2D eigenvalue weighted by Gasteiger charge is 2.48. The summed E-state index contributed by atoms with van der Waals surface area (Å²) in [5, 5.41) is 5.90. The molecule has 0 radical (unpaired) electrons. The maximum Gasteiger partial charge on any atom is 0.271 e. The molecule has 142 valence electrons. The molecule has 0 fully saturated rings. The van der Waals surface area contributed by atoms with Crippen LogP contribution in [0.25, 0.3) is 10.2 Å². The van der Waals surface area contributed by atoms with Gasteiger partial charge < -0.3 is 23.9 Å². The minimum atomic E-state index is -1.04. The van der Waals surface area contributed by atoms with E-state index in [4.69, 9.17) is 9.15 Å². The number of nitrogens with one attached hydrogen (secondary N) is 1. The van der Waals surface area contributed by atoms with Crippen LogP contribution in [0.15, 0.2) is 40.3 Å². The van der Waals surface area contributed by atoms with Crippen molar-refractivity contribution in [1.82, 2.24) is 14.8 Å². The molecule has 7 nitrogen and oxygen atoms in total. The van der Waals surface area contributed by atoms with E-state index in [1.54, 1.807) is 42.6 Å². The molecule has 0 saturated carbocycles. The molecule has 3 aromatic heterocycles. The van der Waals surface area contributed by atoms with Gasteiger partial charge in [-0.1, -0.05) is 0 Å². The van der Waals surface area contributed by atoms with Crippen LogP contribution < -0.4 is 5.32 Å². The number of furan rings is 1. The van der Waals surface area contributed by atoms with Crippen LogP contribution in [-0.4, -0.2) is 47.1 Å². The Kier molecular flexibility index (Phi) is 4.53. The Morgan fingerprint density at radius 2 is 2.30 bits per heavy atom. The van der Waals surface area contributed by atoms with Crippen molar-refractivity contribution >= 4 is 33.4 Å². The molecule has 1 N–H and O–H groups in total. The van der Waals surface area contributed by atoms with Gasteiger partial charge in [-0.3, -0.25) is 9.59 Å². The first kappa shape index (κ1) is 17.8. The monoisotopic (exact) mass is 387 g/mol. The van der Waals surface area contributed by atoms with Crippen LogP contribution in [0.4, 0.5) is 0 Å². The molecule has 27 heavy (non-hydrogen) atoms. The van der Waals surface area contributed by atoms with Gasteiger partial charge in [-0.2, -0.15) is 0 Å². The molecule has 0 saturated heterocycles. The number of methoxy groups -OCH3 is 1. The largest absolute Gasteiger partial charge is 0.467 e. The number of nitrogens with zero attached hydrogens (tertiary/aromatic N) is 2. The Bertz CT molecular complexity index is 975. The van der Waals surface area contributed by atoms with Gasteiger partial charge in [0, 0.05) is 19.0 Å². The molecule has 1 aliphatic rings. The van der Waals surface area contributed by atoms with E-state index in [1.165, 1.54) is 0 Å². The van der Waals surface area contributed by atoms with Crippen LogP contribution in [0, 0.1) is 0 Å². The Morgan fingerprint density at radius 3 is 3.04 bits per heavy atom. The summed E-state index contributed by atoms with van der Waals surface area (Å²) in [7, 11) is 1.58. The average Bonchev–Trinajstić information content (AvgIpc) is 3.37. The van der Waals surface area contributed by atoms with Crippen molar-refractivity contribution in [2.24, 2.45) is 0 Å². The predicted molar refractivity (Wildman–Crippen MR) is 102 cm³/mol. The topological polar surface area (TPSA) is 76.7 Å². The molecule has 1 aliphatic heterocycles. The van der Waals surface area contributed by atoms with Crippen molar-refractivity contribution in [1.29, 1.82) is 0 Å². The lowest BCUT2D eigenvalue weighted by atomic mass is 9.94. The van der Waals surface area contributed by atoms with Gasteiger partial charge in [0.1, 0.15) is 21.8 Å². The van der Waals surface area contributed by atoms with Crippen LogP contribution in [0.2, 0.25) is 0 Å². The normalized spacial score (nSPS) is 19.5. The van der Waals surface area contributed by atoms with Crippen molar-refractivity contribution in [2.75, 3.05) is 20.3 Å². The number of fused-ring (bicyclic) bond motifs is 3. The summed E-state index contributed by atoms with van der Waals surface area (Å²) in [6.07, 6.45) is 1.57. The van der Waals surface area contributed by atoms with Gasteiger partial charge in [-0.15, -0.1) is 11.3 Å². The Hall–Kier alpha value is -2.58. The molecule has 4 heterocycles. The molecular formula is C19H21N3O4S. The third kappa shape index (κ3) is 2.94. The molecule has 0 unspecified atom stereocenters. The maximum absolute atomic E-state index is 13.3. The first-order chi connectivity index (χ1) is 13.0. The van der Waals surface area contributed by atoms with Crippen LogP contribution in [0.5, 0.6) is 0 Å². The number of ether oxygens (including phenoxy) is 1. The number of hydrogen-bond acceptors (Lipinski definition) is 5. The van der Waals surface area contributed by atoms with E-state index >= 15 is 0 Å². The fourth-order valence-corrected chi connectivity index (χ4v) is 4.42. The highest BCUT2D eigenvalue weighted by atomic mass is 32.1. The summed E-state index contributed by atoms with van der Waals surface area (Å²) >= 11 is 1.57. The first-order valence-corrected chi connectivity index (χ1v) is 9.61. The van der Waals surface area contributed by atoms with Gasteiger partial charge in [0.05, 0.1) is 26.0 Å². The highest BCUT2D eigenvalue weighted by Crippen LogP contribution is 2.35. The van der Waals surface area contributed by atoms with Crippen molar-refractivity contribution in [3.8, 4) is 0 Å². The van der Waals surface area contributed by atoms with Crippen LogP contribution in [0.3, 0.4) is 0 Å². The van der Waals surface area contributed by atoms with Crippen molar-refractivity contribution in [3.63, 3.8) is 0 Å². The fraction of sp³-hybridized carbons (Fsp3) is 0.368. The number of thiophene rings is 1. The van der Waals surface area contributed by atoms with Crippen molar-refractivity contribution in [3.05, 3.63) is 47.4 Å². The summed E-state index contributed by atoms with van der Waals surface area (Å²) in [6, 6.07) is 7.47. The summed E-state index contributed by atoms with van der Waals surface area (Å²) in [4.78, 5) is 29.0. The fourth-order valence-electron chi connectivity index (χ4n) is 3.52. The number of rotatable bonds is 6. The molecular weight excluding hydrogens is 366 g/mol. The first-order valence-electron chi connectivity index (χ1n) is 8.73. The molecule has 0 aromatic carbocycles. The second-order valence-electron chi connectivity index (χ2n) is 6.79. The van der Waals surface area contributed by atoms with Crippen LogP contribution in [-0.2, 0) is 22.6 Å². The third-order valence-corrected chi connectivity index (χ3v) is 5.95. The second kappa shape index (κ2) is 6.86.